The van der Waals surface area contributed by atoms with Crippen molar-refractivity contribution in [3.05, 3.63) is 29.8 Å². The van der Waals surface area contributed by atoms with Gasteiger partial charge in [0.2, 0.25) is 0 Å². The smallest absolute Gasteiger partial charge is 0.251 e. The number of anilines is 1. The molecule has 0 atom stereocenters. The quantitative estimate of drug-likeness (QED) is 0.732. The Labute approximate surface area is 152 Å². The Bertz CT molecular complexity index is 434. The molecule has 0 spiro atoms. The average Bonchev–Trinajstić information content (AvgIpc) is 2.55. The number of nitrogens with one attached hydrogen (secondary N) is 2. The normalized spacial score (nSPS) is 13.7. The third kappa shape index (κ3) is 7.42. The van der Waals surface area contributed by atoms with Crippen molar-refractivity contribution >= 4 is 36.4 Å². The molecule has 2 N–H and O–H groups in total. The molecule has 132 valence electrons. The predicted molar refractivity (Wildman–Crippen MR) is 102 cm³/mol. The minimum absolute atomic E-state index is 0. The number of benzene rings is 1. The average molecular weight is 362 g/mol. The van der Waals surface area contributed by atoms with Crippen molar-refractivity contribution in [3.8, 4) is 0 Å². The molecule has 1 aromatic carbocycles. The van der Waals surface area contributed by atoms with Gasteiger partial charge in [-0.1, -0.05) is 6.92 Å². The molecule has 0 unspecified atom stereocenters. The standard InChI is InChI=1S/C17H27N3O.2ClH/c1-2-10-18-11-12-19-17(21)15-6-8-16(9-7-15)20-13-4-3-5-14-20;;/h6-9,18H,2-5,10-14H2,1H3,(H,19,21);2*1H. The molecular weight excluding hydrogens is 333 g/mol. The van der Waals surface area contributed by atoms with E-state index in [-0.39, 0.29) is 30.7 Å². The first-order valence-corrected chi connectivity index (χ1v) is 8.15. The Balaban J connectivity index is 0.00000242. The molecule has 1 aromatic rings. The molecule has 1 heterocycles. The highest BCUT2D eigenvalue weighted by Gasteiger charge is 2.11. The second-order valence-corrected chi connectivity index (χ2v) is 5.60. The van der Waals surface area contributed by atoms with Crippen LogP contribution in [0.5, 0.6) is 0 Å². The summed E-state index contributed by atoms with van der Waals surface area (Å²) < 4.78 is 0. The molecule has 0 aromatic heterocycles. The topological polar surface area (TPSA) is 44.4 Å². The molecule has 0 saturated carbocycles. The summed E-state index contributed by atoms with van der Waals surface area (Å²) in [5.41, 5.74) is 1.97. The van der Waals surface area contributed by atoms with Crippen LogP contribution in [0, 0.1) is 0 Å². The molecule has 1 fully saturated rings. The fourth-order valence-corrected chi connectivity index (χ4v) is 2.64. The highest BCUT2D eigenvalue weighted by atomic mass is 35.5. The number of piperidine rings is 1. The number of rotatable bonds is 7. The van der Waals surface area contributed by atoms with Crippen molar-refractivity contribution in [1.82, 2.24) is 10.6 Å². The van der Waals surface area contributed by atoms with Crippen LogP contribution < -0.4 is 15.5 Å². The molecule has 0 bridgehead atoms. The van der Waals surface area contributed by atoms with E-state index in [1.165, 1.54) is 24.9 Å². The Morgan fingerprint density at radius 3 is 2.26 bits per heavy atom. The first-order chi connectivity index (χ1) is 10.3. The first-order valence-electron chi connectivity index (χ1n) is 8.15. The van der Waals surface area contributed by atoms with E-state index in [1.54, 1.807) is 0 Å². The number of carbonyl (C=O) groups excluding carboxylic acids is 1. The number of halogens is 2. The van der Waals surface area contributed by atoms with E-state index < -0.39 is 0 Å². The van der Waals surface area contributed by atoms with Gasteiger partial charge in [0.1, 0.15) is 0 Å². The summed E-state index contributed by atoms with van der Waals surface area (Å²) in [6, 6.07) is 7.99. The minimum Gasteiger partial charge on any atom is -0.372 e. The molecule has 1 aliphatic rings. The summed E-state index contributed by atoms with van der Waals surface area (Å²) in [5.74, 6) is 0.0125. The summed E-state index contributed by atoms with van der Waals surface area (Å²) in [6.45, 7) is 6.90. The maximum Gasteiger partial charge on any atom is 0.251 e. The summed E-state index contributed by atoms with van der Waals surface area (Å²) in [6.07, 6.45) is 4.99. The van der Waals surface area contributed by atoms with Gasteiger partial charge < -0.3 is 15.5 Å². The maximum atomic E-state index is 12.0. The third-order valence-corrected chi connectivity index (χ3v) is 3.86. The number of hydrogen-bond donors (Lipinski definition) is 2. The van der Waals surface area contributed by atoms with Crippen LogP contribution in [0.2, 0.25) is 0 Å². The van der Waals surface area contributed by atoms with Crippen molar-refractivity contribution in [3.63, 3.8) is 0 Å². The zero-order chi connectivity index (χ0) is 14.9. The van der Waals surface area contributed by atoms with Crippen LogP contribution in [0.15, 0.2) is 24.3 Å². The van der Waals surface area contributed by atoms with Crippen molar-refractivity contribution < 1.29 is 4.79 Å². The predicted octanol–water partition coefficient (Wildman–Crippen LogP) is 3.25. The van der Waals surface area contributed by atoms with Gasteiger partial charge in [0, 0.05) is 37.4 Å². The van der Waals surface area contributed by atoms with Crippen molar-refractivity contribution in [2.45, 2.75) is 32.6 Å². The van der Waals surface area contributed by atoms with Crippen LogP contribution in [0.3, 0.4) is 0 Å². The molecule has 0 radical (unpaired) electrons. The lowest BCUT2D eigenvalue weighted by Crippen LogP contribution is -2.32. The molecule has 1 amide bonds. The highest BCUT2D eigenvalue weighted by Crippen LogP contribution is 2.20. The monoisotopic (exact) mass is 361 g/mol. The van der Waals surface area contributed by atoms with Gasteiger partial charge in [-0.15, -0.1) is 24.8 Å². The highest BCUT2D eigenvalue weighted by molar-refractivity contribution is 5.94. The summed E-state index contributed by atoms with van der Waals surface area (Å²) in [5, 5.41) is 6.21. The lowest BCUT2D eigenvalue weighted by molar-refractivity contribution is 0.0954. The molecule has 4 nitrogen and oxygen atoms in total. The maximum absolute atomic E-state index is 12.0. The van der Waals surface area contributed by atoms with E-state index in [0.717, 1.165) is 38.2 Å². The lowest BCUT2D eigenvalue weighted by atomic mass is 10.1. The van der Waals surface area contributed by atoms with E-state index in [2.05, 4.69) is 34.6 Å². The minimum atomic E-state index is 0. The molecule has 1 saturated heterocycles. The van der Waals surface area contributed by atoms with Crippen LogP contribution in [0.25, 0.3) is 0 Å². The number of carbonyl (C=O) groups is 1. The van der Waals surface area contributed by atoms with Gasteiger partial charge >= 0.3 is 0 Å². The molecule has 0 aliphatic carbocycles. The van der Waals surface area contributed by atoms with Crippen LogP contribution in [-0.4, -0.2) is 38.6 Å². The Morgan fingerprint density at radius 1 is 1.00 bits per heavy atom. The third-order valence-electron chi connectivity index (χ3n) is 3.86. The van der Waals surface area contributed by atoms with Crippen LogP contribution >= 0.6 is 24.8 Å². The van der Waals surface area contributed by atoms with Crippen LogP contribution in [-0.2, 0) is 0 Å². The number of amides is 1. The van der Waals surface area contributed by atoms with Crippen molar-refractivity contribution in [2.75, 3.05) is 37.6 Å². The molecular formula is C17H29Cl2N3O. The Morgan fingerprint density at radius 2 is 1.65 bits per heavy atom. The van der Waals surface area contributed by atoms with Gasteiger partial charge in [0.15, 0.2) is 0 Å². The molecule has 1 aliphatic heterocycles. The van der Waals surface area contributed by atoms with E-state index in [0.29, 0.717) is 6.54 Å². The van der Waals surface area contributed by atoms with Crippen LogP contribution in [0.4, 0.5) is 5.69 Å². The van der Waals surface area contributed by atoms with Gasteiger partial charge in [0.05, 0.1) is 0 Å². The SMILES string of the molecule is CCCNCCNC(=O)c1ccc(N2CCCCC2)cc1.Cl.Cl. The van der Waals surface area contributed by atoms with Gasteiger partial charge in [-0.05, 0) is 56.5 Å². The molecule has 6 heteroatoms. The Kier molecular flexibility index (Phi) is 11.9. The second-order valence-electron chi connectivity index (χ2n) is 5.60. The molecule has 2 rings (SSSR count). The fraction of sp³-hybridized carbons (Fsp3) is 0.588. The largest absolute Gasteiger partial charge is 0.372 e. The Hall–Kier alpha value is -0.970. The summed E-state index contributed by atoms with van der Waals surface area (Å²) >= 11 is 0. The van der Waals surface area contributed by atoms with Gasteiger partial charge in [-0.2, -0.15) is 0 Å². The zero-order valence-electron chi connectivity index (χ0n) is 13.8. The fourth-order valence-electron chi connectivity index (χ4n) is 2.64. The van der Waals surface area contributed by atoms with Gasteiger partial charge in [0.25, 0.3) is 5.91 Å². The number of hydrogen-bond acceptors (Lipinski definition) is 3. The van der Waals surface area contributed by atoms with Crippen molar-refractivity contribution in [1.29, 1.82) is 0 Å². The summed E-state index contributed by atoms with van der Waals surface area (Å²) in [4.78, 5) is 14.4. The van der Waals surface area contributed by atoms with E-state index >= 15 is 0 Å². The number of nitrogens with zero attached hydrogens (tertiary/aromatic N) is 1. The lowest BCUT2D eigenvalue weighted by Gasteiger charge is -2.28. The first kappa shape index (κ1) is 22.0. The van der Waals surface area contributed by atoms with Gasteiger partial charge in [-0.3, -0.25) is 4.79 Å². The summed E-state index contributed by atoms with van der Waals surface area (Å²) in [7, 11) is 0. The van der Waals surface area contributed by atoms with E-state index in [1.807, 2.05) is 12.1 Å². The van der Waals surface area contributed by atoms with Crippen molar-refractivity contribution in [2.24, 2.45) is 0 Å². The zero-order valence-corrected chi connectivity index (χ0v) is 15.5. The van der Waals surface area contributed by atoms with Gasteiger partial charge in [-0.25, -0.2) is 0 Å². The second kappa shape index (κ2) is 12.5. The van der Waals surface area contributed by atoms with E-state index in [9.17, 15) is 4.79 Å². The van der Waals surface area contributed by atoms with Crippen LogP contribution in [0.1, 0.15) is 43.0 Å². The molecule has 23 heavy (non-hydrogen) atoms. The van der Waals surface area contributed by atoms with E-state index in [4.69, 9.17) is 0 Å².